The molecule has 0 aliphatic carbocycles. The average Bonchev–Trinajstić information content (AvgIpc) is 2.84. The number of nitrogens with zero attached hydrogens (tertiary/aromatic N) is 4. The van der Waals surface area contributed by atoms with E-state index in [-0.39, 0.29) is 5.91 Å². The van der Waals surface area contributed by atoms with Crippen molar-refractivity contribution in [3.05, 3.63) is 65.9 Å². The second-order valence-corrected chi connectivity index (χ2v) is 8.47. The summed E-state index contributed by atoms with van der Waals surface area (Å²) in [5.41, 5.74) is 3.36. The molecule has 1 aliphatic heterocycles. The Morgan fingerprint density at radius 3 is 2.70 bits per heavy atom. The van der Waals surface area contributed by atoms with Crippen LogP contribution in [0, 0.1) is 11.3 Å². The smallest absolute Gasteiger partial charge is 0.228 e. The Labute approximate surface area is 197 Å². The van der Waals surface area contributed by atoms with Gasteiger partial charge in [0.1, 0.15) is 11.1 Å². The minimum absolute atomic E-state index is 0.138. The molecular weight excluding hydrogens is 436 g/mol. The maximum atomic E-state index is 11.2. The molecule has 0 spiro atoms. The highest BCUT2D eigenvalue weighted by molar-refractivity contribution is 7.99. The zero-order chi connectivity index (χ0) is 23.0. The number of ether oxygens (including phenoxy) is 1. The van der Waals surface area contributed by atoms with E-state index < -0.39 is 0 Å². The summed E-state index contributed by atoms with van der Waals surface area (Å²) >= 11 is 1.39. The number of anilines is 3. The number of hydrogen-bond donors (Lipinski definition) is 2. The monoisotopic (exact) mass is 460 g/mol. The van der Waals surface area contributed by atoms with Crippen LogP contribution < -0.4 is 15.5 Å². The summed E-state index contributed by atoms with van der Waals surface area (Å²) in [7, 11) is 0. The van der Waals surface area contributed by atoms with E-state index in [2.05, 4.69) is 43.7 Å². The van der Waals surface area contributed by atoms with Crippen LogP contribution in [-0.2, 0) is 16.1 Å². The number of carbonyl (C=O) groups excluding carboxylic acids is 1. The lowest BCUT2D eigenvalue weighted by Crippen LogP contribution is -2.36. The fraction of sp³-hybridized carbons (Fsp3) is 0.250. The summed E-state index contributed by atoms with van der Waals surface area (Å²) in [6.07, 6.45) is 1.69. The molecule has 8 nitrogen and oxygen atoms in total. The molecule has 1 aromatic heterocycles. The van der Waals surface area contributed by atoms with Crippen molar-refractivity contribution in [1.29, 1.82) is 5.26 Å². The lowest BCUT2D eigenvalue weighted by atomic mass is 10.1. The van der Waals surface area contributed by atoms with Gasteiger partial charge in [0.15, 0.2) is 0 Å². The number of rotatable bonds is 7. The number of hydrogen-bond acceptors (Lipinski definition) is 8. The Morgan fingerprint density at radius 2 is 1.97 bits per heavy atom. The first-order chi connectivity index (χ1) is 16.1. The van der Waals surface area contributed by atoms with Crippen LogP contribution in [-0.4, -0.2) is 42.2 Å². The van der Waals surface area contributed by atoms with Crippen LogP contribution in [0.1, 0.15) is 18.1 Å². The van der Waals surface area contributed by atoms with Gasteiger partial charge in [-0.25, -0.2) is 9.97 Å². The predicted octanol–water partition coefficient (Wildman–Crippen LogP) is 3.72. The van der Waals surface area contributed by atoms with E-state index in [4.69, 9.17) is 4.74 Å². The molecule has 9 heteroatoms. The number of morpholine rings is 1. The molecule has 3 aromatic rings. The standard InChI is InChI=1S/C24H24N6O2S/c1-17(31)27-16-18-3-2-4-22(21(18)15-25)33-23-9-10-26-24(29-23)28-19-5-7-20(8-6-19)30-11-13-32-14-12-30/h2-10H,11-14,16H2,1H3,(H,27,31)(H,26,28,29). The van der Waals surface area contributed by atoms with Gasteiger partial charge in [0.25, 0.3) is 0 Å². The highest BCUT2D eigenvalue weighted by atomic mass is 32.2. The number of aromatic nitrogens is 2. The van der Waals surface area contributed by atoms with E-state index in [0.29, 0.717) is 23.1 Å². The Kier molecular flexibility index (Phi) is 7.40. The third kappa shape index (κ3) is 6.00. The van der Waals surface area contributed by atoms with Gasteiger partial charge < -0.3 is 20.3 Å². The minimum atomic E-state index is -0.138. The third-order valence-electron chi connectivity index (χ3n) is 5.10. The molecule has 2 N–H and O–H groups in total. The number of amides is 1. The van der Waals surface area contributed by atoms with E-state index in [9.17, 15) is 10.1 Å². The quantitative estimate of drug-likeness (QED) is 0.514. The van der Waals surface area contributed by atoms with Crippen molar-refractivity contribution in [3.8, 4) is 6.07 Å². The van der Waals surface area contributed by atoms with Gasteiger partial charge in [-0.2, -0.15) is 5.26 Å². The molecule has 0 atom stereocenters. The summed E-state index contributed by atoms with van der Waals surface area (Å²) in [4.78, 5) is 23.2. The molecule has 33 heavy (non-hydrogen) atoms. The molecule has 2 heterocycles. The maximum Gasteiger partial charge on any atom is 0.228 e. The van der Waals surface area contributed by atoms with Gasteiger partial charge in [-0.3, -0.25) is 4.79 Å². The summed E-state index contributed by atoms with van der Waals surface area (Å²) in [5.74, 6) is 0.341. The van der Waals surface area contributed by atoms with Crippen molar-refractivity contribution >= 4 is 35.0 Å². The van der Waals surface area contributed by atoms with Crippen LogP contribution in [0.25, 0.3) is 0 Å². The first-order valence-corrected chi connectivity index (χ1v) is 11.4. The van der Waals surface area contributed by atoms with Crippen LogP contribution >= 0.6 is 11.8 Å². The summed E-state index contributed by atoms with van der Waals surface area (Å²) in [6, 6.07) is 17.8. The van der Waals surface area contributed by atoms with E-state index in [0.717, 1.165) is 48.1 Å². The van der Waals surface area contributed by atoms with E-state index in [1.807, 2.05) is 30.3 Å². The third-order valence-corrected chi connectivity index (χ3v) is 6.09. The van der Waals surface area contributed by atoms with Crippen molar-refractivity contribution < 1.29 is 9.53 Å². The topological polar surface area (TPSA) is 103 Å². The number of nitrogens with one attached hydrogen (secondary N) is 2. The Bertz CT molecular complexity index is 1160. The normalized spacial score (nSPS) is 13.3. The highest BCUT2D eigenvalue weighted by Crippen LogP contribution is 2.31. The Balaban J connectivity index is 1.46. The first-order valence-electron chi connectivity index (χ1n) is 10.6. The van der Waals surface area contributed by atoms with Gasteiger partial charge in [-0.15, -0.1) is 0 Å². The van der Waals surface area contributed by atoms with Crippen molar-refractivity contribution in [3.63, 3.8) is 0 Å². The lowest BCUT2D eigenvalue weighted by molar-refractivity contribution is -0.119. The predicted molar refractivity (Wildman–Crippen MR) is 128 cm³/mol. The largest absolute Gasteiger partial charge is 0.378 e. The average molecular weight is 461 g/mol. The van der Waals surface area contributed by atoms with E-state index in [1.165, 1.54) is 18.7 Å². The van der Waals surface area contributed by atoms with Crippen LogP contribution in [0.4, 0.5) is 17.3 Å². The lowest BCUT2D eigenvalue weighted by Gasteiger charge is -2.28. The number of nitriles is 1. The molecular formula is C24H24N6O2S. The van der Waals surface area contributed by atoms with Gasteiger partial charge in [0.05, 0.1) is 18.8 Å². The molecule has 0 bridgehead atoms. The van der Waals surface area contributed by atoms with Gasteiger partial charge in [-0.1, -0.05) is 23.9 Å². The molecule has 1 aliphatic rings. The number of carbonyl (C=O) groups is 1. The molecule has 4 rings (SSSR count). The minimum Gasteiger partial charge on any atom is -0.378 e. The Morgan fingerprint density at radius 1 is 1.18 bits per heavy atom. The fourth-order valence-electron chi connectivity index (χ4n) is 3.43. The fourth-order valence-corrected chi connectivity index (χ4v) is 4.35. The molecule has 2 aromatic carbocycles. The molecule has 1 amide bonds. The van der Waals surface area contributed by atoms with Crippen LogP contribution in [0.5, 0.6) is 0 Å². The molecule has 0 radical (unpaired) electrons. The van der Waals surface area contributed by atoms with Crippen LogP contribution in [0.3, 0.4) is 0 Å². The van der Waals surface area contributed by atoms with E-state index in [1.54, 1.807) is 12.3 Å². The van der Waals surface area contributed by atoms with Gasteiger partial charge in [0.2, 0.25) is 11.9 Å². The van der Waals surface area contributed by atoms with Crippen LogP contribution in [0.15, 0.2) is 64.6 Å². The summed E-state index contributed by atoms with van der Waals surface area (Å²) < 4.78 is 5.41. The second kappa shape index (κ2) is 10.8. The second-order valence-electron chi connectivity index (χ2n) is 7.40. The molecule has 1 saturated heterocycles. The van der Waals surface area contributed by atoms with Gasteiger partial charge >= 0.3 is 0 Å². The summed E-state index contributed by atoms with van der Waals surface area (Å²) in [5, 5.41) is 16.4. The van der Waals surface area contributed by atoms with E-state index >= 15 is 0 Å². The molecule has 1 fully saturated rings. The van der Waals surface area contributed by atoms with Crippen molar-refractivity contribution in [2.24, 2.45) is 0 Å². The first kappa shape index (κ1) is 22.6. The van der Waals surface area contributed by atoms with Gasteiger partial charge in [0, 0.05) is 49.0 Å². The highest BCUT2D eigenvalue weighted by Gasteiger charge is 2.13. The Hall–Kier alpha value is -3.61. The summed E-state index contributed by atoms with van der Waals surface area (Å²) in [6.45, 7) is 5.06. The molecule has 0 unspecified atom stereocenters. The van der Waals surface area contributed by atoms with Crippen molar-refractivity contribution in [2.75, 3.05) is 36.5 Å². The zero-order valence-corrected chi connectivity index (χ0v) is 19.1. The van der Waals surface area contributed by atoms with Gasteiger partial charge in [-0.05, 0) is 42.0 Å². The van der Waals surface area contributed by atoms with Crippen molar-refractivity contribution in [2.45, 2.75) is 23.4 Å². The van der Waals surface area contributed by atoms with Crippen molar-refractivity contribution in [1.82, 2.24) is 15.3 Å². The molecule has 168 valence electrons. The zero-order valence-electron chi connectivity index (χ0n) is 18.2. The van der Waals surface area contributed by atoms with Crippen LogP contribution in [0.2, 0.25) is 0 Å². The molecule has 0 saturated carbocycles. The SMILES string of the molecule is CC(=O)NCc1cccc(Sc2ccnc(Nc3ccc(N4CCOCC4)cc3)n2)c1C#N. The maximum absolute atomic E-state index is 11.2. The number of benzene rings is 2.